The number of rotatable bonds is 4. The number of hydrogen-bond acceptors (Lipinski definition) is 7. The van der Waals surface area contributed by atoms with Gasteiger partial charge in [0.25, 0.3) is 0 Å². The number of hydrogen-bond donors (Lipinski definition) is 0. The first-order valence-corrected chi connectivity index (χ1v) is 12.4. The zero-order valence-corrected chi connectivity index (χ0v) is 19.8. The molecule has 2 fully saturated rings. The smallest absolute Gasteiger partial charge is 0.243 e. The number of aryl methyl sites for hydroxylation is 2. The van der Waals surface area contributed by atoms with Gasteiger partial charge in [-0.2, -0.15) is 4.31 Å². The van der Waals surface area contributed by atoms with Crippen molar-refractivity contribution in [3.63, 3.8) is 0 Å². The molecule has 0 atom stereocenters. The molecule has 1 aromatic heterocycles. The predicted octanol–water partition coefficient (Wildman–Crippen LogP) is 2.01. The number of nitrogens with zero attached hydrogens (tertiary/aromatic N) is 6. The highest BCUT2D eigenvalue weighted by Gasteiger charge is 2.30. The molecule has 10 heteroatoms. The summed E-state index contributed by atoms with van der Waals surface area (Å²) in [6.45, 7) is 9.64. The van der Waals surface area contributed by atoms with Crippen molar-refractivity contribution in [2.45, 2.75) is 18.7 Å². The van der Waals surface area contributed by atoms with Crippen LogP contribution in [0.15, 0.2) is 29.2 Å². The molecule has 2 aromatic rings. The maximum absolute atomic E-state index is 13.0. The molecule has 0 radical (unpaired) electrons. The van der Waals surface area contributed by atoms with Gasteiger partial charge in [0.1, 0.15) is 17.5 Å². The second kappa shape index (κ2) is 8.90. The third-order valence-corrected chi connectivity index (χ3v) is 8.28. The molecule has 168 valence electrons. The lowest BCUT2D eigenvalue weighted by molar-refractivity contribution is 0.312. The topological polar surface area (TPSA) is 72.9 Å². The second-order valence-electron chi connectivity index (χ2n) is 8.22. The molecule has 0 N–H and O–H groups in total. The minimum atomic E-state index is -3.57. The second-order valence-corrected chi connectivity index (χ2v) is 10.6. The van der Waals surface area contributed by atoms with Gasteiger partial charge in [0.15, 0.2) is 0 Å². The molecule has 0 amide bonds. The van der Waals surface area contributed by atoms with E-state index in [1.165, 1.54) is 10.4 Å². The Labute approximate surface area is 189 Å². The summed E-state index contributed by atoms with van der Waals surface area (Å²) in [6, 6.07) is 6.94. The molecule has 2 saturated heterocycles. The summed E-state index contributed by atoms with van der Waals surface area (Å²) in [5, 5.41) is 0.465. The maximum atomic E-state index is 13.0. The minimum absolute atomic E-state index is 0.242. The minimum Gasteiger partial charge on any atom is -0.354 e. The molecular formula is C21H29ClN6O2S. The van der Waals surface area contributed by atoms with Crippen molar-refractivity contribution in [2.24, 2.45) is 0 Å². The summed E-state index contributed by atoms with van der Waals surface area (Å²) >= 11 is 6.15. The Morgan fingerprint density at radius 3 is 1.94 bits per heavy atom. The van der Waals surface area contributed by atoms with Crippen LogP contribution in [0.3, 0.4) is 0 Å². The molecule has 8 nitrogen and oxygen atoms in total. The average molecular weight is 465 g/mol. The summed E-state index contributed by atoms with van der Waals surface area (Å²) in [6.07, 6.45) is 0. The quantitative estimate of drug-likeness (QED) is 0.685. The zero-order chi connectivity index (χ0) is 22.2. The molecule has 1 aromatic carbocycles. The lowest BCUT2D eigenvalue weighted by Crippen LogP contribution is -2.49. The molecule has 0 unspecified atom stereocenters. The largest absolute Gasteiger partial charge is 0.354 e. The summed E-state index contributed by atoms with van der Waals surface area (Å²) in [5.41, 5.74) is 0.862. The van der Waals surface area contributed by atoms with Crippen molar-refractivity contribution in [1.82, 2.24) is 19.2 Å². The van der Waals surface area contributed by atoms with Crippen LogP contribution in [0, 0.1) is 13.8 Å². The van der Waals surface area contributed by atoms with E-state index in [0.29, 0.717) is 31.2 Å². The van der Waals surface area contributed by atoms with Gasteiger partial charge in [0.2, 0.25) is 10.0 Å². The Morgan fingerprint density at radius 2 is 1.39 bits per heavy atom. The molecule has 0 spiro atoms. The van der Waals surface area contributed by atoms with Crippen molar-refractivity contribution in [3.05, 3.63) is 40.7 Å². The number of aromatic nitrogens is 2. The van der Waals surface area contributed by atoms with E-state index in [2.05, 4.69) is 31.7 Å². The first-order chi connectivity index (χ1) is 14.7. The first-order valence-electron chi connectivity index (χ1n) is 10.5. The van der Waals surface area contributed by atoms with Gasteiger partial charge in [0.05, 0.1) is 4.90 Å². The van der Waals surface area contributed by atoms with E-state index in [1.807, 2.05) is 19.9 Å². The zero-order valence-electron chi connectivity index (χ0n) is 18.3. The van der Waals surface area contributed by atoms with E-state index >= 15 is 0 Å². The van der Waals surface area contributed by atoms with Crippen LogP contribution in [0.5, 0.6) is 0 Å². The fraction of sp³-hybridized carbons (Fsp3) is 0.524. The fourth-order valence-electron chi connectivity index (χ4n) is 3.94. The van der Waals surface area contributed by atoms with Crippen LogP contribution in [0.4, 0.5) is 11.6 Å². The van der Waals surface area contributed by atoms with Crippen molar-refractivity contribution < 1.29 is 8.42 Å². The Kier molecular flexibility index (Phi) is 6.39. The molecule has 2 aliphatic rings. The molecule has 4 rings (SSSR count). The highest BCUT2D eigenvalue weighted by Crippen LogP contribution is 2.26. The van der Waals surface area contributed by atoms with Gasteiger partial charge in [-0.1, -0.05) is 17.7 Å². The average Bonchev–Trinajstić information content (AvgIpc) is 2.75. The van der Waals surface area contributed by atoms with Crippen LogP contribution in [0.2, 0.25) is 5.02 Å². The van der Waals surface area contributed by atoms with E-state index in [1.54, 1.807) is 12.1 Å². The Balaban J connectivity index is 1.46. The normalized spacial score (nSPS) is 19.1. The summed E-state index contributed by atoms with van der Waals surface area (Å²) in [5.74, 6) is 2.53. The van der Waals surface area contributed by atoms with Gasteiger partial charge in [-0.05, 0) is 38.6 Å². The Bertz CT molecular complexity index is 1050. The van der Waals surface area contributed by atoms with Gasteiger partial charge < -0.3 is 14.7 Å². The molecule has 3 heterocycles. The fourth-order valence-corrected chi connectivity index (χ4v) is 5.63. The van der Waals surface area contributed by atoms with E-state index in [4.69, 9.17) is 11.6 Å². The Hall–Kier alpha value is -1.94. The third-order valence-electron chi connectivity index (χ3n) is 5.98. The van der Waals surface area contributed by atoms with Crippen molar-refractivity contribution in [2.75, 3.05) is 69.2 Å². The predicted molar refractivity (Wildman–Crippen MR) is 124 cm³/mol. The van der Waals surface area contributed by atoms with Gasteiger partial charge in [-0.3, -0.25) is 0 Å². The van der Waals surface area contributed by atoms with Gasteiger partial charge >= 0.3 is 0 Å². The van der Waals surface area contributed by atoms with E-state index in [-0.39, 0.29) is 4.90 Å². The third kappa shape index (κ3) is 4.79. The molecule has 31 heavy (non-hydrogen) atoms. The summed E-state index contributed by atoms with van der Waals surface area (Å²) in [7, 11) is -1.44. The molecular weight excluding hydrogens is 436 g/mol. The van der Waals surface area contributed by atoms with Crippen LogP contribution in [0.25, 0.3) is 0 Å². The highest BCUT2D eigenvalue weighted by atomic mass is 35.5. The van der Waals surface area contributed by atoms with Crippen LogP contribution < -0.4 is 9.80 Å². The van der Waals surface area contributed by atoms with Crippen LogP contribution in [0.1, 0.15) is 11.4 Å². The van der Waals surface area contributed by atoms with E-state index in [0.717, 1.165) is 49.2 Å². The van der Waals surface area contributed by atoms with E-state index < -0.39 is 10.0 Å². The van der Waals surface area contributed by atoms with Crippen molar-refractivity contribution in [1.29, 1.82) is 0 Å². The van der Waals surface area contributed by atoms with Crippen LogP contribution >= 0.6 is 11.6 Å². The SMILES string of the molecule is Cc1nc(N2CCN(C)CC2)cc(N2CCN(S(=O)(=O)c3ccc(C)c(Cl)c3)CC2)n1. The number of sulfonamides is 1. The molecule has 2 aliphatic heterocycles. The first kappa shape index (κ1) is 22.3. The van der Waals surface area contributed by atoms with Crippen molar-refractivity contribution in [3.8, 4) is 0 Å². The standard InChI is InChI=1S/C21H29ClN6O2S/c1-16-4-5-18(14-19(16)22)31(29,30)28-12-10-27(11-13-28)21-15-20(23-17(2)24-21)26-8-6-25(3)7-9-26/h4-5,14-15H,6-13H2,1-3H3. The summed E-state index contributed by atoms with van der Waals surface area (Å²) in [4.78, 5) is 16.3. The number of halogens is 1. The molecule has 0 aliphatic carbocycles. The summed E-state index contributed by atoms with van der Waals surface area (Å²) < 4.78 is 27.6. The highest BCUT2D eigenvalue weighted by molar-refractivity contribution is 7.89. The number of anilines is 2. The monoisotopic (exact) mass is 464 g/mol. The number of benzene rings is 1. The lowest BCUT2D eigenvalue weighted by atomic mass is 10.2. The van der Waals surface area contributed by atoms with Crippen LogP contribution in [-0.2, 0) is 10.0 Å². The number of piperazine rings is 2. The number of likely N-dealkylation sites (N-methyl/N-ethyl adjacent to an activating group) is 1. The van der Waals surface area contributed by atoms with Gasteiger partial charge in [0, 0.05) is 63.4 Å². The molecule has 0 bridgehead atoms. The lowest BCUT2D eigenvalue weighted by Gasteiger charge is -2.36. The van der Waals surface area contributed by atoms with Gasteiger partial charge in [-0.25, -0.2) is 18.4 Å². The van der Waals surface area contributed by atoms with Gasteiger partial charge in [-0.15, -0.1) is 0 Å². The van der Waals surface area contributed by atoms with E-state index in [9.17, 15) is 8.42 Å². The Morgan fingerprint density at radius 1 is 0.839 bits per heavy atom. The maximum Gasteiger partial charge on any atom is 0.243 e. The van der Waals surface area contributed by atoms with Crippen LogP contribution in [-0.4, -0.2) is 87.0 Å². The van der Waals surface area contributed by atoms with Crippen molar-refractivity contribution >= 4 is 33.3 Å². The molecule has 0 saturated carbocycles.